The fourth-order valence-electron chi connectivity index (χ4n) is 7.05. The zero-order valence-corrected chi connectivity index (χ0v) is 16.9. The van der Waals surface area contributed by atoms with E-state index in [4.69, 9.17) is 4.99 Å². The molecule has 5 atom stereocenters. The van der Waals surface area contributed by atoms with E-state index in [0.29, 0.717) is 5.41 Å². The van der Waals surface area contributed by atoms with Crippen LogP contribution in [0.5, 0.6) is 0 Å². The van der Waals surface area contributed by atoms with Gasteiger partial charge in [0.2, 0.25) is 0 Å². The van der Waals surface area contributed by atoms with Crippen LogP contribution in [0.1, 0.15) is 72.1 Å². The van der Waals surface area contributed by atoms with Crippen LogP contribution in [0.25, 0.3) is 0 Å². The van der Waals surface area contributed by atoms with Gasteiger partial charge in [0, 0.05) is 6.20 Å². The Hall–Kier alpha value is -1.37. The predicted molar refractivity (Wildman–Crippen MR) is 112 cm³/mol. The summed E-state index contributed by atoms with van der Waals surface area (Å²) in [4.78, 5) is 4.70. The molecule has 0 aromatic rings. The van der Waals surface area contributed by atoms with E-state index in [1.54, 1.807) is 5.57 Å². The number of fused-ring (bicyclic) bond motifs is 5. The minimum absolute atomic E-state index is 0.284. The minimum Gasteiger partial charge on any atom is -0.257 e. The molecular weight excluding hydrogens is 314 g/mol. The Kier molecular flexibility index (Phi) is 4.61. The largest absolute Gasteiger partial charge is 0.257 e. The van der Waals surface area contributed by atoms with Gasteiger partial charge in [-0.25, -0.2) is 0 Å². The van der Waals surface area contributed by atoms with Crippen molar-refractivity contribution in [1.82, 2.24) is 0 Å². The summed E-state index contributed by atoms with van der Waals surface area (Å²) >= 11 is 0. The lowest BCUT2D eigenvalue weighted by Gasteiger charge is -2.57. The molecule has 0 bridgehead atoms. The van der Waals surface area contributed by atoms with Crippen LogP contribution in [-0.4, -0.2) is 5.71 Å². The van der Waals surface area contributed by atoms with E-state index in [1.807, 2.05) is 25.3 Å². The van der Waals surface area contributed by atoms with Crippen molar-refractivity contribution >= 4 is 5.71 Å². The SMILES string of the molecule is C=CC(=N/C=C\C)C1=CCC2C3CC=C4CCCCC4(C)C3CCC12C. The van der Waals surface area contributed by atoms with Crippen LogP contribution in [0.15, 0.2) is 53.2 Å². The van der Waals surface area contributed by atoms with Crippen LogP contribution < -0.4 is 0 Å². The van der Waals surface area contributed by atoms with Crippen LogP contribution in [0.2, 0.25) is 0 Å². The van der Waals surface area contributed by atoms with Crippen LogP contribution in [0.4, 0.5) is 0 Å². The first-order valence-corrected chi connectivity index (χ1v) is 10.8. The molecule has 0 aromatic carbocycles. The van der Waals surface area contributed by atoms with Crippen LogP contribution in [-0.2, 0) is 0 Å². The molecule has 0 N–H and O–H groups in total. The first-order valence-electron chi connectivity index (χ1n) is 10.8. The maximum atomic E-state index is 4.70. The quantitative estimate of drug-likeness (QED) is 0.383. The van der Waals surface area contributed by atoms with E-state index in [9.17, 15) is 0 Å². The van der Waals surface area contributed by atoms with Crippen molar-refractivity contribution in [2.24, 2.45) is 33.6 Å². The van der Waals surface area contributed by atoms with Crippen molar-refractivity contribution in [2.45, 2.75) is 72.1 Å². The van der Waals surface area contributed by atoms with Gasteiger partial charge in [0.05, 0.1) is 5.71 Å². The Morgan fingerprint density at radius 1 is 1.12 bits per heavy atom. The zero-order chi connectivity index (χ0) is 18.4. The highest BCUT2D eigenvalue weighted by molar-refractivity contribution is 6.09. The van der Waals surface area contributed by atoms with Crippen molar-refractivity contribution in [3.8, 4) is 0 Å². The molecule has 5 unspecified atom stereocenters. The monoisotopic (exact) mass is 349 g/mol. The van der Waals surface area contributed by atoms with Crippen molar-refractivity contribution in [2.75, 3.05) is 0 Å². The lowest BCUT2D eigenvalue weighted by Crippen LogP contribution is -2.49. The van der Waals surface area contributed by atoms with Gasteiger partial charge in [-0.15, -0.1) is 0 Å². The standard InChI is InChI=1S/C25H35N/c1-5-17-26-23(6-2)22-13-12-20-19-11-10-18-9-7-8-15-24(18,3)21(19)14-16-25(20,22)4/h5-6,10,13,17,19-21H,2,7-9,11-12,14-16H2,1,3-4H3/b17-5-,26-23?. The predicted octanol–water partition coefficient (Wildman–Crippen LogP) is 7.04. The third-order valence-electron chi connectivity index (χ3n) is 8.43. The van der Waals surface area contributed by atoms with Gasteiger partial charge < -0.3 is 0 Å². The molecule has 0 heterocycles. The molecule has 0 radical (unpaired) electrons. The summed E-state index contributed by atoms with van der Waals surface area (Å²) in [5.74, 6) is 2.53. The molecule has 26 heavy (non-hydrogen) atoms. The van der Waals surface area contributed by atoms with Crippen LogP contribution in [0.3, 0.4) is 0 Å². The number of allylic oxidation sites excluding steroid dienone is 6. The Morgan fingerprint density at radius 3 is 2.73 bits per heavy atom. The van der Waals surface area contributed by atoms with Gasteiger partial charge in [-0.1, -0.05) is 50.6 Å². The number of aliphatic imine (C=N–C) groups is 1. The van der Waals surface area contributed by atoms with Crippen molar-refractivity contribution in [3.63, 3.8) is 0 Å². The summed E-state index contributed by atoms with van der Waals surface area (Å²) in [6.07, 6.45) is 21.9. The van der Waals surface area contributed by atoms with Crippen LogP contribution in [0, 0.1) is 28.6 Å². The van der Waals surface area contributed by atoms with E-state index < -0.39 is 0 Å². The molecule has 0 saturated heterocycles. The summed E-state index contributed by atoms with van der Waals surface area (Å²) in [5, 5.41) is 0. The number of hydrogen-bond acceptors (Lipinski definition) is 1. The summed E-state index contributed by atoms with van der Waals surface area (Å²) in [5.41, 5.74) is 5.15. The van der Waals surface area contributed by atoms with Gasteiger partial charge in [-0.2, -0.15) is 0 Å². The average Bonchev–Trinajstić information content (AvgIpc) is 2.99. The lowest BCUT2D eigenvalue weighted by molar-refractivity contribution is -0.0149. The van der Waals surface area contributed by atoms with Gasteiger partial charge >= 0.3 is 0 Å². The fourth-order valence-corrected chi connectivity index (χ4v) is 7.05. The van der Waals surface area contributed by atoms with Crippen LogP contribution >= 0.6 is 0 Å². The summed E-state index contributed by atoms with van der Waals surface area (Å²) < 4.78 is 0. The summed E-state index contributed by atoms with van der Waals surface area (Å²) in [7, 11) is 0. The summed E-state index contributed by atoms with van der Waals surface area (Å²) in [6, 6.07) is 0. The van der Waals surface area contributed by atoms with Gasteiger partial charge in [-0.05, 0) is 92.1 Å². The molecule has 2 fully saturated rings. The molecule has 4 aliphatic carbocycles. The molecule has 0 aliphatic heterocycles. The molecule has 0 amide bonds. The van der Waals surface area contributed by atoms with Crippen molar-refractivity contribution < 1.29 is 0 Å². The normalized spacial score (nSPS) is 42.6. The van der Waals surface area contributed by atoms with Gasteiger partial charge in [0.1, 0.15) is 0 Å². The van der Waals surface area contributed by atoms with Gasteiger partial charge in [0.15, 0.2) is 0 Å². The van der Waals surface area contributed by atoms with Gasteiger partial charge in [-0.3, -0.25) is 4.99 Å². The Balaban J connectivity index is 1.65. The highest BCUT2D eigenvalue weighted by atomic mass is 14.7. The first-order chi connectivity index (χ1) is 12.5. The van der Waals surface area contributed by atoms with E-state index in [0.717, 1.165) is 23.5 Å². The third kappa shape index (κ3) is 2.53. The number of hydrogen-bond donors (Lipinski definition) is 0. The molecule has 1 nitrogen and oxygen atoms in total. The molecule has 4 rings (SSSR count). The smallest absolute Gasteiger partial charge is 0.0658 e. The molecule has 0 spiro atoms. The third-order valence-corrected chi connectivity index (χ3v) is 8.43. The second kappa shape index (κ2) is 6.66. The van der Waals surface area contributed by atoms with Crippen molar-refractivity contribution in [1.29, 1.82) is 0 Å². The maximum Gasteiger partial charge on any atom is 0.0658 e. The molecule has 2 saturated carbocycles. The topological polar surface area (TPSA) is 12.4 Å². The number of nitrogens with zero attached hydrogens (tertiary/aromatic N) is 1. The second-order valence-corrected chi connectivity index (χ2v) is 9.48. The molecule has 1 heteroatoms. The molecule has 4 aliphatic rings. The second-order valence-electron chi connectivity index (χ2n) is 9.48. The van der Waals surface area contributed by atoms with Crippen molar-refractivity contribution in [3.05, 3.63) is 48.2 Å². The van der Waals surface area contributed by atoms with E-state index in [-0.39, 0.29) is 5.41 Å². The Bertz CT molecular complexity index is 706. The van der Waals surface area contributed by atoms with E-state index in [1.165, 1.54) is 56.9 Å². The van der Waals surface area contributed by atoms with E-state index in [2.05, 4.69) is 32.6 Å². The summed E-state index contributed by atoms with van der Waals surface area (Å²) in [6.45, 7) is 11.2. The highest BCUT2D eigenvalue weighted by Crippen LogP contribution is 2.65. The van der Waals surface area contributed by atoms with E-state index >= 15 is 0 Å². The molecule has 140 valence electrons. The Labute approximate surface area is 160 Å². The average molecular weight is 350 g/mol. The minimum atomic E-state index is 0.284. The highest BCUT2D eigenvalue weighted by Gasteiger charge is 2.56. The first kappa shape index (κ1) is 18.0. The van der Waals surface area contributed by atoms with Gasteiger partial charge in [0.25, 0.3) is 0 Å². The molecular formula is C25H35N. The lowest BCUT2D eigenvalue weighted by atomic mass is 9.47. The Morgan fingerprint density at radius 2 is 1.96 bits per heavy atom. The fraction of sp³-hybridized carbons (Fsp3) is 0.640. The number of rotatable bonds is 3. The molecule has 0 aromatic heterocycles. The zero-order valence-electron chi connectivity index (χ0n) is 16.9. The maximum absolute atomic E-state index is 4.70.